The van der Waals surface area contributed by atoms with Gasteiger partial charge in [0, 0.05) is 19.1 Å². The third-order valence-corrected chi connectivity index (χ3v) is 2.80. The van der Waals surface area contributed by atoms with Crippen molar-refractivity contribution in [3.05, 3.63) is 0 Å². The normalized spacial score (nSPS) is 25.8. The van der Waals surface area contributed by atoms with Gasteiger partial charge < -0.3 is 9.80 Å². The van der Waals surface area contributed by atoms with Crippen molar-refractivity contribution < 1.29 is 0 Å². The third kappa shape index (κ3) is 2.69. The molecule has 0 aliphatic carbocycles. The molecule has 3 heteroatoms. The summed E-state index contributed by atoms with van der Waals surface area (Å²) in [6, 6.07) is 0.546. The number of rotatable bonds is 1. The van der Waals surface area contributed by atoms with E-state index in [-0.39, 0.29) is 0 Å². The first-order valence-corrected chi connectivity index (χ1v) is 5.15. The Labute approximate surface area is 81.2 Å². The minimum atomic E-state index is 0.546. The van der Waals surface area contributed by atoms with Crippen molar-refractivity contribution in [1.29, 1.82) is 5.41 Å². The van der Waals surface area contributed by atoms with Crippen LogP contribution in [-0.4, -0.2) is 48.4 Å². The van der Waals surface area contributed by atoms with Crippen LogP contribution >= 0.6 is 0 Å². The van der Waals surface area contributed by atoms with Gasteiger partial charge in [0.05, 0.1) is 5.84 Å². The molecule has 0 aromatic carbocycles. The molecule has 1 heterocycles. The number of hydrogen-bond donors (Lipinski definition) is 1. The van der Waals surface area contributed by atoms with E-state index in [0.717, 1.165) is 25.3 Å². The highest BCUT2D eigenvalue weighted by Crippen LogP contribution is 2.11. The molecule has 13 heavy (non-hydrogen) atoms. The fraction of sp³-hybridized carbons (Fsp3) is 0.900. The summed E-state index contributed by atoms with van der Waals surface area (Å²) in [5.74, 6) is 0.724. The van der Waals surface area contributed by atoms with Crippen LogP contribution in [0.15, 0.2) is 0 Å². The van der Waals surface area contributed by atoms with E-state index in [1.165, 1.54) is 13.0 Å². The highest BCUT2D eigenvalue weighted by atomic mass is 15.2. The molecule has 0 spiro atoms. The van der Waals surface area contributed by atoms with Crippen LogP contribution in [0.25, 0.3) is 0 Å². The first-order valence-electron chi connectivity index (χ1n) is 5.15. The molecule has 1 atom stereocenters. The van der Waals surface area contributed by atoms with E-state index >= 15 is 0 Å². The molecule has 1 rings (SSSR count). The van der Waals surface area contributed by atoms with Gasteiger partial charge in [-0.05, 0) is 33.4 Å². The lowest BCUT2D eigenvalue weighted by molar-refractivity contribution is 0.262. The zero-order chi connectivity index (χ0) is 9.84. The van der Waals surface area contributed by atoms with Gasteiger partial charge in [0.25, 0.3) is 0 Å². The van der Waals surface area contributed by atoms with Gasteiger partial charge in [-0.2, -0.15) is 0 Å². The molecule has 1 N–H and O–H groups in total. The summed E-state index contributed by atoms with van der Waals surface area (Å²) in [7, 11) is 2.17. The first kappa shape index (κ1) is 10.5. The van der Waals surface area contributed by atoms with Crippen LogP contribution in [0.1, 0.15) is 26.7 Å². The molecule has 0 aromatic heterocycles. The summed E-state index contributed by atoms with van der Waals surface area (Å²) >= 11 is 0. The molecule has 0 bridgehead atoms. The molecule has 1 saturated heterocycles. The Morgan fingerprint density at radius 2 is 2.15 bits per heavy atom. The van der Waals surface area contributed by atoms with Gasteiger partial charge >= 0.3 is 0 Å². The van der Waals surface area contributed by atoms with Gasteiger partial charge in [0.1, 0.15) is 0 Å². The quantitative estimate of drug-likeness (QED) is 0.492. The van der Waals surface area contributed by atoms with Crippen LogP contribution in [0, 0.1) is 5.41 Å². The third-order valence-electron chi connectivity index (χ3n) is 2.80. The Morgan fingerprint density at radius 3 is 2.69 bits per heavy atom. The van der Waals surface area contributed by atoms with Gasteiger partial charge in [0.15, 0.2) is 0 Å². The predicted molar refractivity (Wildman–Crippen MR) is 56.3 cm³/mol. The van der Waals surface area contributed by atoms with E-state index in [1.807, 2.05) is 6.92 Å². The van der Waals surface area contributed by atoms with E-state index in [4.69, 9.17) is 5.41 Å². The predicted octanol–water partition coefficient (Wildman–Crippen LogP) is 1.40. The van der Waals surface area contributed by atoms with Crippen LogP contribution < -0.4 is 0 Å². The van der Waals surface area contributed by atoms with E-state index in [2.05, 4.69) is 23.8 Å². The molecule has 0 aromatic rings. The van der Waals surface area contributed by atoms with Gasteiger partial charge in [-0.3, -0.25) is 5.41 Å². The monoisotopic (exact) mass is 183 g/mol. The maximum absolute atomic E-state index is 7.69. The fourth-order valence-corrected chi connectivity index (χ4v) is 2.03. The van der Waals surface area contributed by atoms with E-state index in [1.54, 1.807) is 0 Å². The lowest BCUT2D eigenvalue weighted by atomic mass is 10.2. The largest absolute Gasteiger partial charge is 0.356 e. The van der Waals surface area contributed by atoms with Crippen LogP contribution in [0.5, 0.6) is 0 Å². The number of amidine groups is 1. The molecule has 1 fully saturated rings. The minimum Gasteiger partial charge on any atom is -0.356 e. The summed E-state index contributed by atoms with van der Waals surface area (Å²) in [4.78, 5) is 4.61. The Balaban J connectivity index is 2.64. The number of nitrogens with one attached hydrogen (secondary N) is 1. The van der Waals surface area contributed by atoms with E-state index in [0.29, 0.717) is 6.04 Å². The maximum Gasteiger partial charge on any atom is 0.0928 e. The Bertz CT molecular complexity index is 179. The van der Waals surface area contributed by atoms with E-state index < -0.39 is 0 Å². The maximum atomic E-state index is 7.69. The second kappa shape index (κ2) is 4.61. The molecule has 1 unspecified atom stereocenters. The van der Waals surface area contributed by atoms with Crippen molar-refractivity contribution in [2.45, 2.75) is 32.7 Å². The average molecular weight is 183 g/mol. The van der Waals surface area contributed by atoms with Crippen molar-refractivity contribution >= 4 is 5.84 Å². The Hall–Kier alpha value is -0.570. The lowest BCUT2D eigenvalue weighted by Crippen LogP contribution is -2.42. The van der Waals surface area contributed by atoms with Crippen LogP contribution in [0.3, 0.4) is 0 Å². The summed E-state index contributed by atoms with van der Waals surface area (Å²) in [6.07, 6.45) is 2.32. The molecule has 76 valence electrons. The van der Waals surface area contributed by atoms with Gasteiger partial charge in [-0.25, -0.2) is 0 Å². The summed E-state index contributed by atoms with van der Waals surface area (Å²) in [5, 5.41) is 7.69. The molecule has 1 aliphatic rings. The smallest absolute Gasteiger partial charge is 0.0928 e. The molecule has 1 aliphatic heterocycles. The highest BCUT2D eigenvalue weighted by Gasteiger charge is 2.21. The number of nitrogens with zero attached hydrogens (tertiary/aromatic N) is 2. The SMILES string of the molecule is CCC1CN(C)CCCN1C(C)=N. The van der Waals surface area contributed by atoms with Crippen molar-refractivity contribution in [3.8, 4) is 0 Å². The topological polar surface area (TPSA) is 30.3 Å². The Morgan fingerprint density at radius 1 is 1.46 bits per heavy atom. The van der Waals surface area contributed by atoms with E-state index in [9.17, 15) is 0 Å². The van der Waals surface area contributed by atoms with Crippen molar-refractivity contribution in [1.82, 2.24) is 9.80 Å². The highest BCUT2D eigenvalue weighted by molar-refractivity contribution is 5.76. The van der Waals surface area contributed by atoms with Gasteiger partial charge in [-0.15, -0.1) is 0 Å². The number of hydrogen-bond acceptors (Lipinski definition) is 2. The standard InChI is InChI=1S/C10H21N3/c1-4-10-8-12(3)6-5-7-13(10)9(2)11/h10-11H,4-8H2,1-3H3. The summed E-state index contributed by atoms with van der Waals surface area (Å²) in [6.45, 7) is 7.43. The van der Waals surface area contributed by atoms with Crippen molar-refractivity contribution in [2.24, 2.45) is 0 Å². The summed E-state index contributed by atoms with van der Waals surface area (Å²) < 4.78 is 0. The minimum absolute atomic E-state index is 0.546. The average Bonchev–Trinajstić information content (AvgIpc) is 2.26. The molecule has 3 nitrogen and oxygen atoms in total. The number of likely N-dealkylation sites (N-methyl/N-ethyl adjacent to an activating group) is 1. The van der Waals surface area contributed by atoms with Crippen LogP contribution in [-0.2, 0) is 0 Å². The molecule has 0 amide bonds. The fourth-order valence-electron chi connectivity index (χ4n) is 2.03. The molecular formula is C10H21N3. The molecular weight excluding hydrogens is 162 g/mol. The summed E-state index contributed by atoms with van der Waals surface area (Å²) in [5.41, 5.74) is 0. The second-order valence-corrected chi connectivity index (χ2v) is 3.96. The van der Waals surface area contributed by atoms with Crippen molar-refractivity contribution in [3.63, 3.8) is 0 Å². The van der Waals surface area contributed by atoms with Gasteiger partial charge in [0.2, 0.25) is 0 Å². The Kier molecular flexibility index (Phi) is 3.72. The second-order valence-electron chi connectivity index (χ2n) is 3.96. The van der Waals surface area contributed by atoms with Crippen molar-refractivity contribution in [2.75, 3.05) is 26.7 Å². The molecule has 0 saturated carbocycles. The molecule has 0 radical (unpaired) electrons. The first-order chi connectivity index (χ1) is 6.15. The zero-order valence-corrected chi connectivity index (χ0v) is 9.01. The van der Waals surface area contributed by atoms with Crippen LogP contribution in [0.4, 0.5) is 0 Å². The van der Waals surface area contributed by atoms with Crippen LogP contribution in [0.2, 0.25) is 0 Å². The lowest BCUT2D eigenvalue weighted by Gasteiger charge is -2.30. The van der Waals surface area contributed by atoms with Gasteiger partial charge in [-0.1, -0.05) is 6.92 Å². The zero-order valence-electron chi connectivity index (χ0n) is 9.01.